The van der Waals surface area contributed by atoms with Crippen LogP contribution in [-0.2, 0) is 17.8 Å². The number of phenols is 1. The number of carboxylic acid groups (broad SMARTS) is 1. The molecular formula is C34H31Cl3N4O7. The molecule has 0 aliphatic rings. The van der Waals surface area contributed by atoms with E-state index in [-0.39, 0.29) is 50.5 Å². The van der Waals surface area contributed by atoms with Crippen molar-refractivity contribution in [1.29, 1.82) is 0 Å². The summed E-state index contributed by atoms with van der Waals surface area (Å²) >= 11 is 18.9. The van der Waals surface area contributed by atoms with Crippen molar-refractivity contribution in [2.75, 3.05) is 18.5 Å². The Hall–Kier alpha value is -4.81. The van der Waals surface area contributed by atoms with Crippen LogP contribution in [0.5, 0.6) is 11.5 Å². The van der Waals surface area contributed by atoms with Crippen LogP contribution in [0.15, 0.2) is 78.9 Å². The van der Waals surface area contributed by atoms with E-state index in [1.807, 2.05) is 0 Å². The molecule has 1 atom stereocenters. The van der Waals surface area contributed by atoms with Gasteiger partial charge in [-0.05, 0) is 78.7 Å². The molecule has 4 aromatic carbocycles. The van der Waals surface area contributed by atoms with Crippen LogP contribution in [0.3, 0.4) is 0 Å². The van der Waals surface area contributed by atoms with E-state index in [4.69, 9.17) is 45.3 Å². The number of aliphatic carboxylic acids is 1. The summed E-state index contributed by atoms with van der Waals surface area (Å²) in [6, 6.07) is 18.5. The molecule has 0 aliphatic carbocycles. The highest BCUT2D eigenvalue weighted by Crippen LogP contribution is 2.31. The predicted octanol–water partition coefficient (Wildman–Crippen LogP) is 5.69. The highest BCUT2D eigenvalue weighted by atomic mass is 35.5. The molecule has 0 fully saturated rings. The van der Waals surface area contributed by atoms with Crippen LogP contribution in [0.25, 0.3) is 0 Å². The summed E-state index contributed by atoms with van der Waals surface area (Å²) in [5.41, 5.74) is 7.34. The molecule has 3 amide bonds. The molecule has 0 saturated heterocycles. The fourth-order valence-electron chi connectivity index (χ4n) is 4.50. The summed E-state index contributed by atoms with van der Waals surface area (Å²) in [6.45, 7) is 0.991. The zero-order valence-corrected chi connectivity index (χ0v) is 27.5. The highest BCUT2D eigenvalue weighted by Gasteiger charge is 2.23. The number of ether oxygens (including phenoxy) is 1. The van der Waals surface area contributed by atoms with Gasteiger partial charge in [0.25, 0.3) is 17.7 Å². The maximum atomic E-state index is 13.0. The normalized spacial score (nSPS) is 11.3. The van der Waals surface area contributed by atoms with E-state index in [9.17, 15) is 29.4 Å². The maximum Gasteiger partial charge on any atom is 0.326 e. The van der Waals surface area contributed by atoms with Crippen LogP contribution < -0.4 is 26.4 Å². The fourth-order valence-corrected chi connectivity index (χ4v) is 5.41. The molecule has 14 heteroatoms. The molecule has 4 rings (SSSR count). The lowest BCUT2D eigenvalue weighted by Gasteiger charge is -2.16. The second-order valence-electron chi connectivity index (χ2n) is 10.5. The van der Waals surface area contributed by atoms with Gasteiger partial charge in [0.05, 0.1) is 32.8 Å². The number of aromatic hydroxyl groups is 1. The van der Waals surface area contributed by atoms with Crippen LogP contribution in [0.1, 0.15) is 48.6 Å². The summed E-state index contributed by atoms with van der Waals surface area (Å²) < 4.78 is 5.54. The number of anilines is 1. The molecule has 0 spiro atoms. The molecule has 7 N–H and O–H groups in total. The number of hydrogen-bond donors (Lipinski definition) is 6. The Morgan fingerprint density at radius 2 is 1.52 bits per heavy atom. The van der Waals surface area contributed by atoms with Crippen LogP contribution in [0, 0.1) is 0 Å². The molecule has 4 aromatic rings. The number of nitrogens with two attached hydrogens (primary N) is 1. The lowest BCUT2D eigenvalue weighted by atomic mass is 10.0. The molecule has 250 valence electrons. The highest BCUT2D eigenvalue weighted by molar-refractivity contribution is 6.40. The SMILES string of the molecule is NCCCOc1cc(Cl)c(C(=O)Nc2ccc(CC(NC(=O)c3ccc(C(=O)NCc4cccc(O)c4)cc3Cl)C(=O)O)cc2)c(Cl)c1. The summed E-state index contributed by atoms with van der Waals surface area (Å²) in [4.78, 5) is 50.5. The van der Waals surface area contributed by atoms with E-state index < -0.39 is 29.7 Å². The first-order chi connectivity index (χ1) is 22.9. The van der Waals surface area contributed by atoms with Crippen molar-refractivity contribution < 1.29 is 34.1 Å². The molecule has 0 aliphatic heterocycles. The second kappa shape index (κ2) is 16.8. The molecule has 0 bridgehead atoms. The lowest BCUT2D eigenvalue weighted by molar-refractivity contribution is -0.139. The Labute approximate surface area is 290 Å². The van der Waals surface area contributed by atoms with Gasteiger partial charge in [-0.25, -0.2) is 4.79 Å². The Kier molecular flexibility index (Phi) is 12.6. The topological polar surface area (TPSA) is 180 Å². The summed E-state index contributed by atoms with van der Waals surface area (Å²) in [6.07, 6.45) is 0.563. The van der Waals surface area contributed by atoms with E-state index in [1.54, 1.807) is 36.4 Å². The van der Waals surface area contributed by atoms with Gasteiger partial charge in [0.15, 0.2) is 0 Å². The van der Waals surface area contributed by atoms with Gasteiger partial charge in [0.1, 0.15) is 17.5 Å². The molecule has 48 heavy (non-hydrogen) atoms. The standard InChI is InChI=1S/C34H31Cl3N4O7/c35-26-15-21(31(43)39-18-20-3-1-4-23(42)13-20)7-10-25(26)32(44)41-29(34(46)47)14-19-5-8-22(9-6-19)40-33(45)30-27(36)16-24(17-28(30)37)48-12-2-11-38/h1,3-10,13,15-17,29,42H,2,11-12,14,18,38H2,(H,39,43)(H,40,45)(H,41,44)(H,46,47). The number of carbonyl (C=O) groups is 4. The van der Waals surface area contributed by atoms with E-state index in [1.165, 1.54) is 42.5 Å². The van der Waals surface area contributed by atoms with Crippen molar-refractivity contribution >= 4 is 64.2 Å². The van der Waals surface area contributed by atoms with Crippen molar-refractivity contribution in [1.82, 2.24) is 10.6 Å². The first-order valence-corrected chi connectivity index (χ1v) is 15.7. The monoisotopic (exact) mass is 712 g/mol. The van der Waals surface area contributed by atoms with Gasteiger partial charge in [-0.1, -0.05) is 59.1 Å². The Morgan fingerprint density at radius 3 is 2.15 bits per heavy atom. The number of rotatable bonds is 14. The van der Waals surface area contributed by atoms with E-state index in [0.29, 0.717) is 42.1 Å². The van der Waals surface area contributed by atoms with Gasteiger partial charge in [0.2, 0.25) is 0 Å². The number of amides is 3. The minimum atomic E-state index is -1.32. The molecular weight excluding hydrogens is 683 g/mol. The quantitative estimate of drug-likeness (QED) is 0.0903. The third-order valence-electron chi connectivity index (χ3n) is 6.95. The molecule has 0 saturated carbocycles. The van der Waals surface area contributed by atoms with Gasteiger partial charge in [-0.3, -0.25) is 14.4 Å². The summed E-state index contributed by atoms with van der Waals surface area (Å²) in [5.74, 6) is -2.56. The van der Waals surface area contributed by atoms with Gasteiger partial charge in [-0.2, -0.15) is 0 Å². The summed E-state index contributed by atoms with van der Waals surface area (Å²) in [7, 11) is 0. The van der Waals surface area contributed by atoms with E-state index in [0.717, 1.165) is 0 Å². The van der Waals surface area contributed by atoms with Crippen molar-refractivity contribution in [3.05, 3.63) is 122 Å². The molecule has 0 radical (unpaired) electrons. The number of carboxylic acids is 1. The lowest BCUT2D eigenvalue weighted by Crippen LogP contribution is -2.42. The molecule has 0 heterocycles. The largest absolute Gasteiger partial charge is 0.508 e. The smallest absolute Gasteiger partial charge is 0.326 e. The van der Waals surface area contributed by atoms with Gasteiger partial charge in [-0.15, -0.1) is 0 Å². The second-order valence-corrected chi connectivity index (χ2v) is 11.7. The minimum absolute atomic E-state index is 0.0158. The number of phenolic OH excluding ortho intramolecular Hbond substituents is 1. The first kappa shape index (κ1) is 36.0. The molecule has 11 nitrogen and oxygen atoms in total. The van der Waals surface area contributed by atoms with Crippen molar-refractivity contribution in [2.45, 2.75) is 25.4 Å². The fraction of sp³-hybridized carbons (Fsp3) is 0.176. The van der Waals surface area contributed by atoms with Crippen LogP contribution in [0.4, 0.5) is 5.69 Å². The van der Waals surface area contributed by atoms with E-state index in [2.05, 4.69) is 16.0 Å². The number of benzene rings is 4. The number of nitrogens with one attached hydrogen (secondary N) is 3. The van der Waals surface area contributed by atoms with E-state index >= 15 is 0 Å². The maximum absolute atomic E-state index is 13.0. The van der Waals surface area contributed by atoms with Crippen LogP contribution in [0.2, 0.25) is 15.1 Å². The minimum Gasteiger partial charge on any atom is -0.508 e. The number of hydrogen-bond acceptors (Lipinski definition) is 7. The van der Waals surface area contributed by atoms with Crippen LogP contribution >= 0.6 is 34.8 Å². The average Bonchev–Trinajstić information content (AvgIpc) is 3.04. The van der Waals surface area contributed by atoms with Crippen LogP contribution in [-0.4, -0.2) is 53.1 Å². The number of halogens is 3. The Morgan fingerprint density at radius 1 is 0.812 bits per heavy atom. The van der Waals surface area contributed by atoms with Gasteiger partial charge >= 0.3 is 5.97 Å². The van der Waals surface area contributed by atoms with Crippen molar-refractivity contribution in [3.63, 3.8) is 0 Å². The van der Waals surface area contributed by atoms with Crippen molar-refractivity contribution in [2.24, 2.45) is 5.73 Å². The third kappa shape index (κ3) is 9.85. The average molecular weight is 714 g/mol. The zero-order chi connectivity index (χ0) is 34.8. The molecule has 1 unspecified atom stereocenters. The Balaban J connectivity index is 1.35. The van der Waals surface area contributed by atoms with Gasteiger partial charge < -0.3 is 36.6 Å². The van der Waals surface area contributed by atoms with Gasteiger partial charge in [0, 0.05) is 24.2 Å². The third-order valence-corrected chi connectivity index (χ3v) is 7.86. The molecule has 0 aromatic heterocycles. The predicted molar refractivity (Wildman–Crippen MR) is 183 cm³/mol. The first-order valence-electron chi connectivity index (χ1n) is 14.6. The Bertz CT molecular complexity index is 1800. The number of carbonyl (C=O) groups excluding carboxylic acids is 3. The zero-order valence-electron chi connectivity index (χ0n) is 25.3. The summed E-state index contributed by atoms with van der Waals surface area (Å²) in [5, 5.41) is 27.4. The van der Waals surface area contributed by atoms with Crippen molar-refractivity contribution in [3.8, 4) is 11.5 Å².